The van der Waals surface area contributed by atoms with Gasteiger partial charge in [-0.2, -0.15) is 5.26 Å². The van der Waals surface area contributed by atoms with E-state index in [1.54, 1.807) is 12.1 Å². The Kier molecular flexibility index (Phi) is 4.28. The Morgan fingerprint density at radius 3 is 2.47 bits per heavy atom. The quantitative estimate of drug-likeness (QED) is 0.810. The number of likely N-dealkylation sites (tertiary alicyclic amines) is 1. The average Bonchev–Trinajstić information content (AvgIpc) is 2.34. The zero-order valence-corrected chi connectivity index (χ0v) is 11.0. The van der Waals surface area contributed by atoms with Gasteiger partial charge in [0.25, 0.3) is 0 Å². The number of halogens is 2. The van der Waals surface area contributed by atoms with E-state index < -0.39 is 0 Å². The highest BCUT2D eigenvalue weighted by Crippen LogP contribution is 2.31. The Bertz CT molecular complexity index is 434. The fourth-order valence-corrected chi connectivity index (χ4v) is 2.76. The molecule has 0 N–H and O–H groups in total. The van der Waals surface area contributed by atoms with Crippen molar-refractivity contribution >= 4 is 23.2 Å². The summed E-state index contributed by atoms with van der Waals surface area (Å²) in [6.45, 7) is 1.94. The van der Waals surface area contributed by atoms with Crippen molar-refractivity contribution in [2.24, 2.45) is 0 Å². The molecule has 2 nitrogen and oxygen atoms in total. The summed E-state index contributed by atoms with van der Waals surface area (Å²) in [6, 6.07) is 7.44. The summed E-state index contributed by atoms with van der Waals surface area (Å²) in [5, 5.41) is 10.5. The van der Waals surface area contributed by atoms with E-state index in [4.69, 9.17) is 23.2 Å². The van der Waals surface area contributed by atoms with E-state index in [1.165, 1.54) is 6.42 Å². The summed E-state index contributed by atoms with van der Waals surface area (Å²) in [5.74, 6) is 0. The van der Waals surface area contributed by atoms with Crippen LogP contribution in [0, 0.1) is 11.3 Å². The van der Waals surface area contributed by atoms with Crippen LogP contribution in [0.3, 0.4) is 0 Å². The first-order chi connectivity index (χ1) is 8.22. The van der Waals surface area contributed by atoms with E-state index in [9.17, 15) is 5.26 Å². The number of rotatable bonds is 2. The van der Waals surface area contributed by atoms with Gasteiger partial charge in [-0.1, -0.05) is 35.7 Å². The molecule has 1 atom stereocenters. The Labute approximate surface area is 112 Å². The molecule has 17 heavy (non-hydrogen) atoms. The lowest BCUT2D eigenvalue weighted by atomic mass is 10.0. The summed E-state index contributed by atoms with van der Waals surface area (Å²) >= 11 is 12.0. The third-order valence-electron chi connectivity index (χ3n) is 3.14. The van der Waals surface area contributed by atoms with Crippen molar-refractivity contribution in [3.05, 3.63) is 33.8 Å². The van der Waals surface area contributed by atoms with Crippen molar-refractivity contribution in [1.82, 2.24) is 4.90 Å². The topological polar surface area (TPSA) is 27.0 Å². The molecule has 1 saturated heterocycles. The molecule has 90 valence electrons. The maximum atomic E-state index is 9.34. The van der Waals surface area contributed by atoms with Crippen LogP contribution >= 0.6 is 23.2 Å². The first-order valence-corrected chi connectivity index (χ1v) is 6.56. The smallest absolute Gasteiger partial charge is 0.125 e. The second-order valence-corrected chi connectivity index (χ2v) is 5.14. The van der Waals surface area contributed by atoms with Crippen LogP contribution in [0.4, 0.5) is 0 Å². The van der Waals surface area contributed by atoms with Crippen LogP contribution in [0.5, 0.6) is 0 Å². The predicted octanol–water partition coefficient (Wildman–Crippen LogP) is 4.04. The van der Waals surface area contributed by atoms with Gasteiger partial charge in [-0.3, -0.25) is 4.90 Å². The van der Waals surface area contributed by atoms with E-state index in [2.05, 4.69) is 11.0 Å². The van der Waals surface area contributed by atoms with E-state index in [1.807, 2.05) is 6.07 Å². The van der Waals surface area contributed by atoms with Crippen molar-refractivity contribution in [3.63, 3.8) is 0 Å². The Balaban J connectivity index is 2.25. The second-order valence-electron chi connectivity index (χ2n) is 4.29. The normalized spacial score (nSPS) is 18.6. The van der Waals surface area contributed by atoms with Gasteiger partial charge >= 0.3 is 0 Å². The van der Waals surface area contributed by atoms with Crippen LogP contribution in [-0.4, -0.2) is 18.0 Å². The van der Waals surface area contributed by atoms with Gasteiger partial charge < -0.3 is 0 Å². The van der Waals surface area contributed by atoms with Gasteiger partial charge in [0.05, 0.1) is 6.07 Å². The van der Waals surface area contributed by atoms with Crippen LogP contribution in [0.1, 0.15) is 30.9 Å². The van der Waals surface area contributed by atoms with Crippen LogP contribution in [0.25, 0.3) is 0 Å². The Morgan fingerprint density at radius 2 is 1.88 bits per heavy atom. The highest BCUT2D eigenvalue weighted by molar-refractivity contribution is 6.35. The number of hydrogen-bond acceptors (Lipinski definition) is 2. The highest BCUT2D eigenvalue weighted by Gasteiger charge is 2.23. The number of piperidine rings is 1. The second kappa shape index (κ2) is 5.73. The van der Waals surface area contributed by atoms with Crippen molar-refractivity contribution in [2.45, 2.75) is 25.3 Å². The van der Waals surface area contributed by atoms with E-state index in [-0.39, 0.29) is 6.04 Å². The number of nitrogens with zero attached hydrogens (tertiary/aromatic N) is 2. The fraction of sp³-hybridized carbons (Fsp3) is 0.462. The molecular weight excluding hydrogens is 255 g/mol. The molecule has 0 spiro atoms. The summed E-state index contributed by atoms with van der Waals surface area (Å²) in [6.07, 6.45) is 3.57. The van der Waals surface area contributed by atoms with Gasteiger partial charge in [-0.05, 0) is 38.1 Å². The SMILES string of the molecule is N#CC(c1ccc(Cl)cc1Cl)N1CCCCC1. The number of benzene rings is 1. The van der Waals surface area contributed by atoms with Crippen LogP contribution in [0.15, 0.2) is 18.2 Å². The molecule has 0 amide bonds. The molecule has 4 heteroatoms. The van der Waals surface area contributed by atoms with Crippen molar-refractivity contribution in [3.8, 4) is 6.07 Å². The molecular formula is C13H14Cl2N2. The largest absolute Gasteiger partial charge is 0.284 e. The zero-order chi connectivity index (χ0) is 12.3. The monoisotopic (exact) mass is 268 g/mol. The average molecular weight is 269 g/mol. The van der Waals surface area contributed by atoms with Gasteiger partial charge in [0, 0.05) is 15.6 Å². The molecule has 2 rings (SSSR count). The third-order valence-corrected chi connectivity index (χ3v) is 3.70. The minimum Gasteiger partial charge on any atom is -0.284 e. The molecule has 1 aromatic carbocycles. The lowest BCUT2D eigenvalue weighted by Crippen LogP contribution is -2.33. The molecule has 0 aromatic heterocycles. The third kappa shape index (κ3) is 2.93. The molecule has 0 bridgehead atoms. The molecule has 1 unspecified atom stereocenters. The van der Waals surface area contributed by atoms with Crippen molar-refractivity contribution < 1.29 is 0 Å². The molecule has 1 aliphatic heterocycles. The Hall–Kier alpha value is -0.750. The first-order valence-electron chi connectivity index (χ1n) is 5.81. The van der Waals surface area contributed by atoms with E-state index >= 15 is 0 Å². The lowest BCUT2D eigenvalue weighted by molar-refractivity contribution is 0.196. The van der Waals surface area contributed by atoms with Gasteiger partial charge in [-0.25, -0.2) is 0 Å². The molecule has 1 fully saturated rings. The van der Waals surface area contributed by atoms with Gasteiger partial charge in [0.2, 0.25) is 0 Å². The van der Waals surface area contributed by atoms with Gasteiger partial charge in [-0.15, -0.1) is 0 Å². The number of nitriles is 1. The van der Waals surface area contributed by atoms with Crippen LogP contribution in [0.2, 0.25) is 10.0 Å². The lowest BCUT2D eigenvalue weighted by Gasteiger charge is -2.31. The van der Waals surface area contributed by atoms with Crippen molar-refractivity contribution in [1.29, 1.82) is 5.26 Å². The van der Waals surface area contributed by atoms with E-state index in [0.717, 1.165) is 31.5 Å². The van der Waals surface area contributed by atoms with Crippen LogP contribution in [-0.2, 0) is 0 Å². The fourth-order valence-electron chi connectivity index (χ4n) is 2.25. The van der Waals surface area contributed by atoms with E-state index in [0.29, 0.717) is 10.0 Å². The molecule has 1 heterocycles. The first kappa shape index (κ1) is 12.7. The maximum Gasteiger partial charge on any atom is 0.125 e. The zero-order valence-electron chi connectivity index (χ0n) is 9.50. The Morgan fingerprint density at radius 1 is 1.18 bits per heavy atom. The van der Waals surface area contributed by atoms with Crippen LogP contribution < -0.4 is 0 Å². The molecule has 1 aliphatic rings. The minimum atomic E-state index is -0.250. The minimum absolute atomic E-state index is 0.250. The molecule has 0 saturated carbocycles. The summed E-state index contributed by atoms with van der Waals surface area (Å²) in [7, 11) is 0. The summed E-state index contributed by atoms with van der Waals surface area (Å²) in [4.78, 5) is 2.19. The van der Waals surface area contributed by atoms with Gasteiger partial charge in [0.15, 0.2) is 0 Å². The predicted molar refractivity (Wildman–Crippen MR) is 70.2 cm³/mol. The standard InChI is InChI=1S/C13H14Cl2N2/c14-10-4-5-11(12(15)8-10)13(9-16)17-6-2-1-3-7-17/h4-5,8,13H,1-3,6-7H2. The molecule has 0 radical (unpaired) electrons. The summed E-state index contributed by atoms with van der Waals surface area (Å²) in [5.41, 5.74) is 0.862. The molecule has 1 aromatic rings. The maximum absolute atomic E-state index is 9.34. The molecule has 0 aliphatic carbocycles. The van der Waals surface area contributed by atoms with Crippen molar-refractivity contribution in [2.75, 3.05) is 13.1 Å². The van der Waals surface area contributed by atoms with Gasteiger partial charge in [0.1, 0.15) is 6.04 Å². The summed E-state index contributed by atoms with van der Waals surface area (Å²) < 4.78 is 0. The number of hydrogen-bond donors (Lipinski definition) is 0. The highest BCUT2D eigenvalue weighted by atomic mass is 35.5.